The molecular formula is C15H21N3O3. The van der Waals surface area contributed by atoms with Crippen molar-refractivity contribution in [2.45, 2.75) is 19.3 Å². The highest BCUT2D eigenvalue weighted by molar-refractivity contribution is 5.95. The number of ether oxygens (including phenoxy) is 1. The molecule has 2 rings (SSSR count). The maximum Gasteiger partial charge on any atom is 0.254 e. The molecule has 0 aliphatic carbocycles. The molecule has 0 aromatic heterocycles. The van der Waals surface area contributed by atoms with E-state index in [0.717, 1.165) is 12.8 Å². The van der Waals surface area contributed by atoms with Gasteiger partial charge in [0.15, 0.2) is 0 Å². The van der Waals surface area contributed by atoms with Gasteiger partial charge in [0.05, 0.1) is 7.11 Å². The zero-order chi connectivity index (χ0) is 15.4. The van der Waals surface area contributed by atoms with Crippen LogP contribution in [-0.2, 0) is 4.79 Å². The Hall–Kier alpha value is -2.24. The number of nitrogens with two attached hydrogens (primary N) is 2. The molecule has 1 aliphatic heterocycles. The second-order valence-corrected chi connectivity index (χ2v) is 5.40. The summed E-state index contributed by atoms with van der Waals surface area (Å²) in [5.41, 5.74) is 12.0. The molecule has 1 aliphatic rings. The average molecular weight is 291 g/mol. The second kappa shape index (κ2) is 6.47. The summed E-state index contributed by atoms with van der Waals surface area (Å²) in [7, 11) is 1.54. The molecule has 1 aromatic rings. The Morgan fingerprint density at radius 1 is 1.29 bits per heavy atom. The molecule has 1 saturated heterocycles. The maximum atomic E-state index is 12.5. The minimum Gasteiger partial charge on any atom is -0.497 e. The summed E-state index contributed by atoms with van der Waals surface area (Å²) >= 11 is 0. The van der Waals surface area contributed by atoms with Crippen LogP contribution in [0.4, 0.5) is 5.69 Å². The number of hydrogen-bond acceptors (Lipinski definition) is 4. The van der Waals surface area contributed by atoms with Crippen LogP contribution in [0.25, 0.3) is 0 Å². The highest BCUT2D eigenvalue weighted by Gasteiger charge is 2.24. The monoisotopic (exact) mass is 291 g/mol. The number of nitrogens with zero attached hydrogens (tertiary/aromatic N) is 1. The topological polar surface area (TPSA) is 98.7 Å². The van der Waals surface area contributed by atoms with Crippen molar-refractivity contribution in [2.24, 2.45) is 11.7 Å². The van der Waals surface area contributed by atoms with Gasteiger partial charge in [-0.25, -0.2) is 0 Å². The van der Waals surface area contributed by atoms with E-state index in [2.05, 4.69) is 0 Å². The molecule has 0 spiro atoms. The fraction of sp³-hybridized carbons (Fsp3) is 0.467. The molecule has 4 N–H and O–H groups in total. The number of likely N-dealkylation sites (tertiary alicyclic amines) is 1. The van der Waals surface area contributed by atoms with Gasteiger partial charge in [-0.3, -0.25) is 9.59 Å². The van der Waals surface area contributed by atoms with Crippen molar-refractivity contribution in [1.82, 2.24) is 4.90 Å². The van der Waals surface area contributed by atoms with Crippen molar-refractivity contribution in [1.29, 1.82) is 0 Å². The van der Waals surface area contributed by atoms with Crippen LogP contribution in [0.5, 0.6) is 5.75 Å². The van der Waals surface area contributed by atoms with Gasteiger partial charge in [0, 0.05) is 36.8 Å². The van der Waals surface area contributed by atoms with Crippen LogP contribution in [-0.4, -0.2) is 36.9 Å². The Morgan fingerprint density at radius 3 is 2.52 bits per heavy atom. The fourth-order valence-electron chi connectivity index (χ4n) is 2.67. The normalized spacial score (nSPS) is 15.8. The van der Waals surface area contributed by atoms with Crippen molar-refractivity contribution in [3.63, 3.8) is 0 Å². The third kappa shape index (κ3) is 3.87. The molecule has 6 nitrogen and oxygen atoms in total. The number of carbonyl (C=O) groups excluding carboxylic acids is 2. The molecule has 0 saturated carbocycles. The largest absolute Gasteiger partial charge is 0.497 e. The average Bonchev–Trinajstić information content (AvgIpc) is 2.46. The van der Waals surface area contributed by atoms with Gasteiger partial charge in [-0.15, -0.1) is 0 Å². The zero-order valence-electron chi connectivity index (χ0n) is 12.2. The van der Waals surface area contributed by atoms with Gasteiger partial charge in [0.1, 0.15) is 5.75 Å². The van der Waals surface area contributed by atoms with Crippen molar-refractivity contribution in [3.05, 3.63) is 23.8 Å². The van der Waals surface area contributed by atoms with Gasteiger partial charge in [0.2, 0.25) is 5.91 Å². The summed E-state index contributed by atoms with van der Waals surface area (Å²) in [4.78, 5) is 25.2. The number of methoxy groups -OCH3 is 1. The van der Waals surface area contributed by atoms with Crippen LogP contribution < -0.4 is 16.2 Å². The third-order valence-electron chi connectivity index (χ3n) is 3.80. The zero-order valence-corrected chi connectivity index (χ0v) is 12.2. The van der Waals surface area contributed by atoms with Crippen molar-refractivity contribution in [3.8, 4) is 5.75 Å². The van der Waals surface area contributed by atoms with Crippen molar-refractivity contribution in [2.75, 3.05) is 25.9 Å². The summed E-state index contributed by atoms with van der Waals surface area (Å²) in [5, 5.41) is 0. The Balaban J connectivity index is 2.02. The number of carbonyl (C=O) groups is 2. The van der Waals surface area contributed by atoms with E-state index in [1.807, 2.05) is 0 Å². The summed E-state index contributed by atoms with van der Waals surface area (Å²) in [6.07, 6.45) is 2.00. The van der Waals surface area contributed by atoms with E-state index in [9.17, 15) is 9.59 Å². The van der Waals surface area contributed by atoms with Crippen LogP contribution in [0.2, 0.25) is 0 Å². The van der Waals surface area contributed by atoms with Gasteiger partial charge in [-0.1, -0.05) is 0 Å². The molecule has 0 bridgehead atoms. The predicted molar refractivity (Wildman–Crippen MR) is 79.8 cm³/mol. The number of anilines is 1. The first-order valence-electron chi connectivity index (χ1n) is 7.01. The lowest BCUT2D eigenvalue weighted by molar-refractivity contribution is -0.119. The minimum absolute atomic E-state index is 0.0573. The molecule has 1 aromatic carbocycles. The van der Waals surface area contributed by atoms with E-state index in [-0.39, 0.29) is 17.7 Å². The Kier molecular flexibility index (Phi) is 4.67. The van der Waals surface area contributed by atoms with E-state index in [0.29, 0.717) is 36.5 Å². The molecule has 1 fully saturated rings. The quantitative estimate of drug-likeness (QED) is 0.809. The highest BCUT2D eigenvalue weighted by Crippen LogP contribution is 2.24. The number of hydrogen-bond donors (Lipinski definition) is 2. The predicted octanol–water partition coefficient (Wildman–Crippen LogP) is 1.00. The molecule has 1 heterocycles. The number of amides is 2. The van der Waals surface area contributed by atoms with Crippen LogP contribution >= 0.6 is 0 Å². The minimum atomic E-state index is -0.277. The van der Waals surface area contributed by atoms with E-state index in [4.69, 9.17) is 16.2 Å². The van der Waals surface area contributed by atoms with Gasteiger partial charge in [-0.05, 0) is 30.9 Å². The molecule has 21 heavy (non-hydrogen) atoms. The van der Waals surface area contributed by atoms with E-state index in [1.165, 1.54) is 0 Å². The number of primary amides is 1. The first-order chi connectivity index (χ1) is 9.99. The lowest BCUT2D eigenvalue weighted by Crippen LogP contribution is -2.39. The number of nitrogen functional groups attached to an aromatic ring is 1. The first-order valence-corrected chi connectivity index (χ1v) is 7.01. The standard InChI is InChI=1S/C15H21N3O3/c1-21-13-8-11(7-12(16)9-13)15(20)18-4-2-10(3-5-18)6-14(17)19/h7-10H,2-6,16H2,1H3,(H2,17,19). The van der Waals surface area contributed by atoms with Crippen molar-refractivity contribution >= 4 is 17.5 Å². The van der Waals surface area contributed by atoms with E-state index >= 15 is 0 Å². The highest BCUT2D eigenvalue weighted by atomic mass is 16.5. The summed E-state index contributed by atoms with van der Waals surface area (Å²) < 4.78 is 5.13. The first kappa shape index (κ1) is 15.2. The summed E-state index contributed by atoms with van der Waals surface area (Å²) in [6.45, 7) is 1.27. The molecule has 0 unspecified atom stereocenters. The second-order valence-electron chi connectivity index (χ2n) is 5.40. The van der Waals surface area contributed by atoms with Crippen LogP contribution in [0.15, 0.2) is 18.2 Å². The van der Waals surface area contributed by atoms with Crippen LogP contribution in [0, 0.1) is 5.92 Å². The summed E-state index contributed by atoms with van der Waals surface area (Å²) in [5.74, 6) is 0.516. The van der Waals surface area contributed by atoms with Crippen LogP contribution in [0.3, 0.4) is 0 Å². The molecule has 2 amide bonds. The number of benzene rings is 1. The van der Waals surface area contributed by atoms with Gasteiger partial charge < -0.3 is 21.1 Å². The van der Waals surface area contributed by atoms with Gasteiger partial charge in [0.25, 0.3) is 5.91 Å². The lowest BCUT2D eigenvalue weighted by Gasteiger charge is -2.31. The Bertz CT molecular complexity index is 537. The fourth-order valence-corrected chi connectivity index (χ4v) is 2.67. The number of rotatable bonds is 4. The van der Waals surface area contributed by atoms with E-state index < -0.39 is 0 Å². The van der Waals surface area contributed by atoms with Crippen molar-refractivity contribution < 1.29 is 14.3 Å². The van der Waals surface area contributed by atoms with Gasteiger partial charge >= 0.3 is 0 Å². The SMILES string of the molecule is COc1cc(N)cc(C(=O)N2CCC(CC(N)=O)CC2)c1. The molecular weight excluding hydrogens is 270 g/mol. The van der Waals surface area contributed by atoms with Crippen LogP contribution in [0.1, 0.15) is 29.6 Å². The lowest BCUT2D eigenvalue weighted by atomic mass is 9.93. The molecule has 0 radical (unpaired) electrons. The molecule has 114 valence electrons. The molecule has 0 atom stereocenters. The Morgan fingerprint density at radius 2 is 1.95 bits per heavy atom. The maximum absolute atomic E-state index is 12.5. The van der Waals surface area contributed by atoms with E-state index in [1.54, 1.807) is 30.2 Å². The summed E-state index contributed by atoms with van der Waals surface area (Å²) in [6, 6.07) is 5.02. The Labute approximate surface area is 124 Å². The smallest absolute Gasteiger partial charge is 0.254 e. The number of piperidine rings is 1. The van der Waals surface area contributed by atoms with Gasteiger partial charge in [-0.2, -0.15) is 0 Å². The third-order valence-corrected chi connectivity index (χ3v) is 3.80. The molecule has 6 heteroatoms.